The first-order valence-corrected chi connectivity index (χ1v) is 8.83. The summed E-state index contributed by atoms with van der Waals surface area (Å²) in [4.78, 5) is 27.3. The quantitative estimate of drug-likeness (QED) is 0.864. The second-order valence-electron chi connectivity index (χ2n) is 6.62. The lowest BCUT2D eigenvalue weighted by Gasteiger charge is -2.30. The molecule has 1 aliphatic rings. The van der Waals surface area contributed by atoms with Crippen LogP contribution in [0.4, 0.5) is 5.69 Å². The Hall–Kier alpha value is -2.53. The third kappa shape index (κ3) is 3.40. The molecule has 0 spiro atoms. The highest BCUT2D eigenvalue weighted by atomic mass is 35.5. The van der Waals surface area contributed by atoms with Gasteiger partial charge in [-0.25, -0.2) is 0 Å². The van der Waals surface area contributed by atoms with E-state index in [0.29, 0.717) is 28.6 Å². The fourth-order valence-electron chi connectivity index (χ4n) is 3.27. The molecule has 0 aromatic heterocycles. The van der Waals surface area contributed by atoms with Crippen LogP contribution in [0.5, 0.6) is 5.75 Å². The monoisotopic (exact) mass is 372 g/mol. The van der Waals surface area contributed by atoms with Crippen molar-refractivity contribution in [2.24, 2.45) is 5.92 Å². The zero-order valence-electron chi connectivity index (χ0n) is 15.0. The normalized spacial score (nSPS) is 14.3. The minimum atomic E-state index is -0.573. The van der Waals surface area contributed by atoms with Gasteiger partial charge in [0.2, 0.25) is 5.91 Å². The molecule has 136 valence electrons. The molecule has 1 atom stereocenters. The van der Waals surface area contributed by atoms with Gasteiger partial charge in [-0.3, -0.25) is 9.59 Å². The predicted molar refractivity (Wildman–Crippen MR) is 102 cm³/mol. The number of hydrogen-bond acceptors (Lipinski definition) is 3. The van der Waals surface area contributed by atoms with Gasteiger partial charge in [0.25, 0.3) is 5.91 Å². The van der Waals surface area contributed by atoms with Crippen molar-refractivity contribution in [3.05, 3.63) is 58.6 Å². The molecule has 2 aromatic rings. The van der Waals surface area contributed by atoms with Gasteiger partial charge in [0, 0.05) is 17.8 Å². The average Bonchev–Trinajstić information content (AvgIpc) is 2.92. The van der Waals surface area contributed by atoms with E-state index >= 15 is 0 Å². The number of carbonyl (C=O) groups is 2. The summed E-state index contributed by atoms with van der Waals surface area (Å²) in [6.07, 6.45) is 0. The van der Waals surface area contributed by atoms with Crippen LogP contribution in [0.3, 0.4) is 0 Å². The molecule has 2 amide bonds. The first-order chi connectivity index (χ1) is 12.4. The number of carbonyl (C=O) groups excluding carboxylic acids is 2. The van der Waals surface area contributed by atoms with E-state index in [0.717, 1.165) is 5.56 Å². The third-order valence-corrected chi connectivity index (χ3v) is 4.80. The van der Waals surface area contributed by atoms with Crippen molar-refractivity contribution in [2.45, 2.75) is 26.4 Å². The topological polar surface area (TPSA) is 58.6 Å². The fraction of sp³-hybridized carbons (Fsp3) is 0.300. The smallest absolute Gasteiger partial charge is 0.255 e. The zero-order valence-corrected chi connectivity index (χ0v) is 15.7. The number of methoxy groups -OCH3 is 1. The van der Waals surface area contributed by atoms with Crippen molar-refractivity contribution in [1.82, 2.24) is 4.90 Å². The van der Waals surface area contributed by atoms with Gasteiger partial charge in [0.15, 0.2) is 0 Å². The first kappa shape index (κ1) is 18.3. The third-order valence-electron chi connectivity index (χ3n) is 4.50. The Kier molecular flexibility index (Phi) is 5.18. The Morgan fingerprint density at radius 3 is 2.58 bits per heavy atom. The SMILES string of the molecule is COc1ccc(NC(=O)[C@@H](C(C)C)N2Cc3ccccc3C2=O)cc1Cl. The van der Waals surface area contributed by atoms with E-state index in [1.807, 2.05) is 32.0 Å². The summed E-state index contributed by atoms with van der Waals surface area (Å²) in [6, 6.07) is 11.9. The number of halogens is 1. The molecule has 26 heavy (non-hydrogen) atoms. The van der Waals surface area contributed by atoms with Crippen molar-refractivity contribution >= 4 is 29.1 Å². The van der Waals surface area contributed by atoms with Crippen molar-refractivity contribution in [2.75, 3.05) is 12.4 Å². The molecule has 0 radical (unpaired) electrons. The molecule has 1 heterocycles. The molecule has 0 aliphatic carbocycles. The Balaban J connectivity index is 1.82. The maximum absolute atomic E-state index is 12.9. The maximum atomic E-state index is 12.9. The van der Waals surface area contributed by atoms with Crippen LogP contribution in [-0.2, 0) is 11.3 Å². The van der Waals surface area contributed by atoms with Gasteiger partial charge in [0.1, 0.15) is 11.8 Å². The van der Waals surface area contributed by atoms with Gasteiger partial charge in [-0.1, -0.05) is 43.6 Å². The molecule has 0 bridgehead atoms. The Labute approximate surface area is 157 Å². The summed E-state index contributed by atoms with van der Waals surface area (Å²) in [6.45, 7) is 4.30. The minimum Gasteiger partial charge on any atom is -0.495 e. The number of anilines is 1. The molecular weight excluding hydrogens is 352 g/mol. The van der Waals surface area contributed by atoms with Crippen LogP contribution in [0.1, 0.15) is 29.8 Å². The zero-order chi connectivity index (χ0) is 18.8. The highest BCUT2D eigenvalue weighted by Gasteiger charge is 2.37. The van der Waals surface area contributed by atoms with Gasteiger partial charge in [-0.2, -0.15) is 0 Å². The van der Waals surface area contributed by atoms with Crippen molar-refractivity contribution < 1.29 is 14.3 Å². The Morgan fingerprint density at radius 2 is 1.96 bits per heavy atom. The van der Waals surface area contributed by atoms with E-state index in [4.69, 9.17) is 16.3 Å². The molecule has 0 unspecified atom stereocenters. The van der Waals surface area contributed by atoms with Gasteiger partial charge >= 0.3 is 0 Å². The fourth-order valence-corrected chi connectivity index (χ4v) is 3.52. The van der Waals surface area contributed by atoms with Gasteiger partial charge < -0.3 is 15.0 Å². The number of rotatable bonds is 5. The molecule has 3 rings (SSSR count). The van der Waals surface area contributed by atoms with E-state index < -0.39 is 6.04 Å². The Morgan fingerprint density at radius 1 is 1.23 bits per heavy atom. The van der Waals surface area contributed by atoms with Gasteiger partial charge in [0.05, 0.1) is 12.1 Å². The largest absolute Gasteiger partial charge is 0.495 e. The van der Waals surface area contributed by atoms with Crippen LogP contribution >= 0.6 is 11.6 Å². The molecule has 0 saturated heterocycles. The molecule has 1 N–H and O–H groups in total. The summed E-state index contributed by atoms with van der Waals surface area (Å²) in [7, 11) is 1.53. The van der Waals surface area contributed by atoms with Crippen LogP contribution in [0.25, 0.3) is 0 Å². The van der Waals surface area contributed by atoms with Crippen LogP contribution in [0, 0.1) is 5.92 Å². The second-order valence-corrected chi connectivity index (χ2v) is 7.02. The minimum absolute atomic E-state index is 0.0398. The lowest BCUT2D eigenvalue weighted by molar-refractivity contribution is -0.122. The van der Waals surface area contributed by atoms with E-state index in [9.17, 15) is 9.59 Å². The Bertz CT molecular complexity index is 851. The lowest BCUT2D eigenvalue weighted by atomic mass is 10.0. The summed E-state index contributed by atoms with van der Waals surface area (Å²) < 4.78 is 5.12. The van der Waals surface area contributed by atoms with Crippen molar-refractivity contribution in [1.29, 1.82) is 0 Å². The predicted octanol–water partition coefficient (Wildman–Crippen LogP) is 3.97. The maximum Gasteiger partial charge on any atom is 0.255 e. The van der Waals surface area contributed by atoms with Crippen molar-refractivity contribution in [3.63, 3.8) is 0 Å². The van der Waals surface area contributed by atoms with E-state index in [2.05, 4.69) is 5.32 Å². The number of fused-ring (bicyclic) bond motifs is 1. The van der Waals surface area contributed by atoms with E-state index in [1.54, 1.807) is 29.2 Å². The standard InChI is InChI=1S/C20H21ClN2O3/c1-12(2)18(23-11-13-6-4-5-7-15(13)20(23)25)19(24)22-14-8-9-17(26-3)16(21)10-14/h4-10,12,18H,11H2,1-3H3,(H,22,24)/t18-/m1/s1. The number of ether oxygens (including phenoxy) is 1. The molecular formula is C20H21ClN2O3. The van der Waals surface area contributed by atoms with Crippen LogP contribution < -0.4 is 10.1 Å². The van der Waals surface area contributed by atoms with Crippen LogP contribution in [0.15, 0.2) is 42.5 Å². The highest BCUT2D eigenvalue weighted by molar-refractivity contribution is 6.32. The molecule has 0 saturated carbocycles. The van der Waals surface area contributed by atoms with E-state index in [1.165, 1.54) is 7.11 Å². The summed E-state index contributed by atoms with van der Waals surface area (Å²) >= 11 is 6.13. The number of nitrogens with zero attached hydrogens (tertiary/aromatic N) is 1. The molecule has 5 nitrogen and oxygen atoms in total. The average molecular weight is 373 g/mol. The summed E-state index contributed by atoms with van der Waals surface area (Å²) in [5.74, 6) is 0.154. The first-order valence-electron chi connectivity index (χ1n) is 8.45. The molecule has 0 fully saturated rings. The molecule has 2 aromatic carbocycles. The highest BCUT2D eigenvalue weighted by Crippen LogP contribution is 2.30. The van der Waals surface area contributed by atoms with E-state index in [-0.39, 0.29) is 17.7 Å². The second kappa shape index (κ2) is 7.38. The lowest BCUT2D eigenvalue weighted by Crippen LogP contribution is -2.47. The molecule has 6 heteroatoms. The number of benzene rings is 2. The number of hydrogen-bond donors (Lipinski definition) is 1. The van der Waals surface area contributed by atoms with Gasteiger partial charge in [-0.15, -0.1) is 0 Å². The van der Waals surface area contributed by atoms with Crippen molar-refractivity contribution in [3.8, 4) is 5.75 Å². The number of amides is 2. The van der Waals surface area contributed by atoms with Crippen LogP contribution in [0.2, 0.25) is 5.02 Å². The summed E-state index contributed by atoms with van der Waals surface area (Å²) in [5, 5.41) is 3.28. The van der Waals surface area contributed by atoms with Gasteiger partial charge in [-0.05, 0) is 35.7 Å². The number of nitrogens with one attached hydrogen (secondary N) is 1. The van der Waals surface area contributed by atoms with Crippen LogP contribution in [-0.4, -0.2) is 29.9 Å². The molecule has 1 aliphatic heterocycles. The summed E-state index contributed by atoms with van der Waals surface area (Å²) in [5.41, 5.74) is 2.18.